The van der Waals surface area contributed by atoms with E-state index in [-0.39, 0.29) is 30.9 Å². The van der Waals surface area contributed by atoms with Gasteiger partial charge in [-0.2, -0.15) is 29.4 Å². The predicted octanol–water partition coefficient (Wildman–Crippen LogP) is 13.8. The molecule has 0 bridgehead atoms. The molecule has 0 spiro atoms. The molecule has 7 heteroatoms. The Morgan fingerprint density at radius 2 is 1.03 bits per heavy atom. The van der Waals surface area contributed by atoms with Crippen molar-refractivity contribution in [3.8, 4) is 27.9 Å². The van der Waals surface area contributed by atoms with Gasteiger partial charge in [-0.3, -0.25) is 14.1 Å². The number of aromatic nitrogens is 6. The summed E-state index contributed by atoms with van der Waals surface area (Å²) in [5, 5.41) is 11.6. The molecule has 0 N–H and O–H groups in total. The fourth-order valence-electron chi connectivity index (χ4n) is 10.7. The first kappa shape index (κ1) is 41.5. The van der Waals surface area contributed by atoms with Crippen molar-refractivity contribution in [1.82, 2.24) is 28.5 Å². The van der Waals surface area contributed by atoms with Crippen LogP contribution in [0, 0.1) is 12.1 Å². The van der Waals surface area contributed by atoms with E-state index < -0.39 is 0 Å². The monoisotopic (exact) mass is 1030 g/mol. The zero-order valence-corrected chi connectivity index (χ0v) is 39.6. The van der Waals surface area contributed by atoms with Gasteiger partial charge in [0.15, 0.2) is 0 Å². The van der Waals surface area contributed by atoms with Crippen molar-refractivity contribution in [2.24, 2.45) is 0 Å². The largest absolute Gasteiger partial charge is 0.337 e. The molecule has 323 valence electrons. The average molecular weight is 1030 g/mol. The molecule has 2 aliphatic heterocycles. The second kappa shape index (κ2) is 16.1. The van der Waals surface area contributed by atoms with Gasteiger partial charge in [-0.05, 0) is 79.6 Å². The van der Waals surface area contributed by atoms with Crippen LogP contribution in [-0.4, -0.2) is 28.5 Å². The SMILES string of the molecule is CC1(C)Cc2cnc3c4[c-]cccc4c4c(-c5ccccc5)ccc1c4n23.CC1(C)Cc2cnc3c4ccccc4c4c(-c5ccccc5)ccc1c4n23.[Ir].[c-]1ccccc1-n1cccn1. The summed E-state index contributed by atoms with van der Waals surface area (Å²) in [6, 6.07) is 61.9. The minimum absolute atomic E-state index is 0. The molecule has 0 unspecified atom stereocenters. The van der Waals surface area contributed by atoms with Crippen LogP contribution in [0.2, 0.25) is 0 Å². The third kappa shape index (κ3) is 6.60. The van der Waals surface area contributed by atoms with Gasteiger partial charge in [0, 0.05) is 72.6 Å². The number of fused-ring (bicyclic) bond motifs is 6. The van der Waals surface area contributed by atoms with Crippen molar-refractivity contribution < 1.29 is 20.1 Å². The van der Waals surface area contributed by atoms with Crippen LogP contribution in [0.25, 0.3) is 82.6 Å². The maximum Gasteiger partial charge on any atom is 0.145 e. The molecular weight excluding hydrogens is 985 g/mol. The number of benzene rings is 7. The van der Waals surface area contributed by atoms with Gasteiger partial charge in [0.1, 0.15) is 5.65 Å². The summed E-state index contributed by atoms with van der Waals surface area (Å²) in [4.78, 5) is 9.63. The van der Waals surface area contributed by atoms with E-state index in [1.807, 2.05) is 42.6 Å². The van der Waals surface area contributed by atoms with Crippen LogP contribution in [0.3, 0.4) is 0 Å². The number of nitrogens with zero attached hydrogens (tertiary/aromatic N) is 6. The molecule has 14 rings (SSSR count). The quantitative estimate of drug-likeness (QED) is 0.131. The summed E-state index contributed by atoms with van der Waals surface area (Å²) in [6.45, 7) is 9.38. The average Bonchev–Trinajstić information content (AvgIpc) is 4.14. The van der Waals surface area contributed by atoms with Crippen LogP contribution in [0.5, 0.6) is 0 Å². The van der Waals surface area contributed by atoms with Crippen molar-refractivity contribution >= 4 is 54.6 Å². The molecule has 6 nitrogen and oxygen atoms in total. The van der Waals surface area contributed by atoms with E-state index in [0.717, 1.165) is 35.2 Å². The van der Waals surface area contributed by atoms with E-state index in [2.05, 4.69) is 187 Å². The third-order valence-corrected chi connectivity index (χ3v) is 13.6. The van der Waals surface area contributed by atoms with Crippen LogP contribution in [-0.2, 0) is 43.8 Å². The van der Waals surface area contributed by atoms with Crippen molar-refractivity contribution in [1.29, 1.82) is 0 Å². The Kier molecular flexibility index (Phi) is 10.1. The first-order valence-corrected chi connectivity index (χ1v) is 22.4. The Morgan fingerprint density at radius 3 is 1.62 bits per heavy atom. The number of hydrogen-bond acceptors (Lipinski definition) is 3. The molecule has 0 fully saturated rings. The second-order valence-corrected chi connectivity index (χ2v) is 18.6. The van der Waals surface area contributed by atoms with Gasteiger partial charge >= 0.3 is 0 Å². The topological polar surface area (TPSA) is 52.4 Å². The summed E-state index contributed by atoms with van der Waals surface area (Å²) >= 11 is 0. The molecular formula is C59H46IrN6-2. The smallest absolute Gasteiger partial charge is 0.145 e. The second-order valence-electron chi connectivity index (χ2n) is 18.6. The minimum atomic E-state index is 0. The first-order chi connectivity index (χ1) is 31.8. The minimum Gasteiger partial charge on any atom is -0.337 e. The molecule has 7 heterocycles. The summed E-state index contributed by atoms with van der Waals surface area (Å²) < 4.78 is 6.56. The van der Waals surface area contributed by atoms with Crippen molar-refractivity contribution in [3.63, 3.8) is 0 Å². The third-order valence-electron chi connectivity index (χ3n) is 13.6. The molecule has 12 aromatic rings. The van der Waals surface area contributed by atoms with Gasteiger partial charge in [-0.25, -0.2) is 4.98 Å². The molecule has 0 saturated heterocycles. The molecule has 0 amide bonds. The van der Waals surface area contributed by atoms with Crippen molar-refractivity contribution in [3.05, 3.63) is 217 Å². The molecule has 0 aliphatic carbocycles. The Bertz CT molecular complexity index is 3540. The summed E-state index contributed by atoms with van der Waals surface area (Å²) in [7, 11) is 0. The fourth-order valence-corrected chi connectivity index (χ4v) is 10.7. The number of rotatable bonds is 3. The van der Waals surface area contributed by atoms with Crippen LogP contribution in [0.15, 0.2) is 183 Å². The van der Waals surface area contributed by atoms with E-state index >= 15 is 0 Å². The normalized spacial score (nSPS) is 14.1. The van der Waals surface area contributed by atoms with Crippen LogP contribution in [0.1, 0.15) is 50.2 Å². The molecule has 0 saturated carbocycles. The van der Waals surface area contributed by atoms with E-state index in [1.54, 1.807) is 10.9 Å². The first-order valence-electron chi connectivity index (χ1n) is 22.4. The van der Waals surface area contributed by atoms with Gasteiger partial charge in [-0.15, -0.1) is 35.7 Å². The summed E-state index contributed by atoms with van der Waals surface area (Å²) in [6.07, 6.45) is 9.78. The van der Waals surface area contributed by atoms with Gasteiger partial charge in [0.25, 0.3) is 0 Å². The molecule has 5 aromatic heterocycles. The number of hydrogen-bond donors (Lipinski definition) is 0. The van der Waals surface area contributed by atoms with Gasteiger partial charge in [0.05, 0.1) is 11.2 Å². The maximum atomic E-state index is 4.83. The van der Waals surface area contributed by atoms with Crippen LogP contribution in [0.4, 0.5) is 0 Å². The summed E-state index contributed by atoms with van der Waals surface area (Å²) in [5.41, 5.74) is 16.4. The maximum absolute atomic E-state index is 4.83. The standard InChI is InChI=1S/C25H20N2.C25H19N2.C9H7N2.Ir/c2*1-25(2)14-17-15-26-24-20-11-7-6-10-19(20)22-18(16-8-4-3-5-9-16)12-13-21(25)23(22)27(17)24;1-2-5-9(6-3-1)11-8-4-7-10-11;/h3-13,15H,14H2,1-2H3;3-10,12-13,15H,14H2,1-2H3;1-5,7-8H;/q;2*-1;. The van der Waals surface area contributed by atoms with E-state index in [0.29, 0.717) is 0 Å². The van der Waals surface area contributed by atoms with E-state index in [1.165, 1.54) is 82.7 Å². The Morgan fingerprint density at radius 1 is 0.500 bits per heavy atom. The number of imidazole rings is 2. The van der Waals surface area contributed by atoms with Crippen LogP contribution < -0.4 is 0 Å². The van der Waals surface area contributed by atoms with Gasteiger partial charge < -0.3 is 4.40 Å². The Balaban J connectivity index is 0.000000118. The predicted molar refractivity (Wildman–Crippen MR) is 266 cm³/mol. The molecule has 2 aliphatic rings. The molecule has 1 radical (unpaired) electrons. The van der Waals surface area contributed by atoms with Crippen molar-refractivity contribution in [2.45, 2.75) is 51.4 Å². The Labute approximate surface area is 397 Å². The van der Waals surface area contributed by atoms with Gasteiger partial charge in [0.2, 0.25) is 0 Å². The van der Waals surface area contributed by atoms with Crippen molar-refractivity contribution in [2.75, 3.05) is 0 Å². The molecule has 66 heavy (non-hydrogen) atoms. The van der Waals surface area contributed by atoms with Crippen LogP contribution >= 0.6 is 0 Å². The number of pyridine rings is 2. The van der Waals surface area contributed by atoms with E-state index in [9.17, 15) is 0 Å². The van der Waals surface area contributed by atoms with E-state index in [4.69, 9.17) is 9.97 Å². The van der Waals surface area contributed by atoms with Gasteiger partial charge in [-0.1, -0.05) is 142 Å². The zero-order chi connectivity index (χ0) is 43.9. The summed E-state index contributed by atoms with van der Waals surface area (Å²) in [5.74, 6) is 0. The fraction of sp³-hybridized carbons (Fsp3) is 0.136. The molecule has 7 aromatic carbocycles. The number of para-hydroxylation sites is 1. The molecule has 0 atom stereocenters. The zero-order valence-electron chi connectivity index (χ0n) is 37.3. The Hall–Kier alpha value is -7.18.